The average Bonchev–Trinajstić information content (AvgIpc) is 2.38. The van der Waals surface area contributed by atoms with E-state index in [1.165, 1.54) is 31.8 Å². The van der Waals surface area contributed by atoms with Crippen LogP contribution in [0.15, 0.2) is 11.8 Å². The van der Waals surface area contributed by atoms with Gasteiger partial charge in [-0.25, -0.2) is 0 Å². The standard InChI is InChI=1S/C8H12N2/c9-6-5-8(10)7-3-1-2-4-7/h5,7H,1-4,10H2/b8-5+. The fraction of sp³-hybridized carbons (Fsp3) is 0.625. The second-order valence-electron chi connectivity index (χ2n) is 2.75. The number of rotatable bonds is 1. The molecule has 0 heterocycles. The first-order valence-corrected chi connectivity index (χ1v) is 3.69. The third kappa shape index (κ3) is 1.51. The maximum absolute atomic E-state index is 8.29. The maximum Gasteiger partial charge on any atom is 0.0930 e. The fourth-order valence-corrected chi connectivity index (χ4v) is 1.45. The summed E-state index contributed by atoms with van der Waals surface area (Å²) in [6.45, 7) is 0. The summed E-state index contributed by atoms with van der Waals surface area (Å²) in [4.78, 5) is 0. The van der Waals surface area contributed by atoms with Crippen LogP contribution in [0.25, 0.3) is 0 Å². The van der Waals surface area contributed by atoms with Gasteiger partial charge < -0.3 is 5.73 Å². The van der Waals surface area contributed by atoms with Crippen molar-refractivity contribution in [2.45, 2.75) is 25.7 Å². The summed E-state index contributed by atoms with van der Waals surface area (Å²) in [5.74, 6) is 0.500. The van der Waals surface area contributed by atoms with Gasteiger partial charge in [0.15, 0.2) is 0 Å². The van der Waals surface area contributed by atoms with Gasteiger partial charge in [-0.3, -0.25) is 0 Å². The van der Waals surface area contributed by atoms with Crippen molar-refractivity contribution in [2.75, 3.05) is 0 Å². The second-order valence-corrected chi connectivity index (χ2v) is 2.75. The van der Waals surface area contributed by atoms with Crippen molar-refractivity contribution >= 4 is 0 Å². The Labute approximate surface area is 61.3 Å². The van der Waals surface area contributed by atoms with Crippen LogP contribution >= 0.6 is 0 Å². The Bertz CT molecular complexity index is 170. The van der Waals surface area contributed by atoms with Crippen molar-refractivity contribution in [1.29, 1.82) is 5.26 Å². The molecule has 1 aliphatic rings. The molecule has 10 heavy (non-hydrogen) atoms. The highest BCUT2D eigenvalue weighted by molar-refractivity contribution is 5.13. The van der Waals surface area contributed by atoms with Crippen LogP contribution in [-0.4, -0.2) is 0 Å². The van der Waals surface area contributed by atoms with E-state index >= 15 is 0 Å². The van der Waals surface area contributed by atoms with Gasteiger partial charge in [0.25, 0.3) is 0 Å². The van der Waals surface area contributed by atoms with Gasteiger partial charge in [0, 0.05) is 11.8 Å². The van der Waals surface area contributed by atoms with E-state index in [2.05, 4.69) is 0 Å². The minimum Gasteiger partial charge on any atom is -0.401 e. The van der Waals surface area contributed by atoms with Crippen LogP contribution in [0.4, 0.5) is 0 Å². The third-order valence-corrected chi connectivity index (χ3v) is 2.06. The lowest BCUT2D eigenvalue weighted by atomic mass is 10.0. The molecule has 1 fully saturated rings. The van der Waals surface area contributed by atoms with E-state index in [1.54, 1.807) is 0 Å². The molecular formula is C8H12N2. The molecular weight excluding hydrogens is 124 g/mol. The van der Waals surface area contributed by atoms with E-state index < -0.39 is 0 Å². The van der Waals surface area contributed by atoms with E-state index in [0.717, 1.165) is 5.70 Å². The van der Waals surface area contributed by atoms with Crippen molar-refractivity contribution in [3.63, 3.8) is 0 Å². The number of allylic oxidation sites excluding steroid dienone is 2. The average molecular weight is 136 g/mol. The first kappa shape index (κ1) is 7.14. The largest absolute Gasteiger partial charge is 0.401 e. The van der Waals surface area contributed by atoms with Gasteiger partial charge >= 0.3 is 0 Å². The van der Waals surface area contributed by atoms with E-state index in [1.807, 2.05) is 6.07 Å². The molecule has 2 N–H and O–H groups in total. The number of hydrogen-bond acceptors (Lipinski definition) is 2. The Morgan fingerprint density at radius 2 is 2.10 bits per heavy atom. The zero-order valence-corrected chi connectivity index (χ0v) is 6.01. The van der Waals surface area contributed by atoms with Crippen LogP contribution in [0.5, 0.6) is 0 Å². The van der Waals surface area contributed by atoms with Crippen molar-refractivity contribution in [3.8, 4) is 6.07 Å². The number of hydrogen-bond donors (Lipinski definition) is 1. The summed E-state index contributed by atoms with van der Waals surface area (Å²) >= 11 is 0. The molecule has 0 atom stereocenters. The lowest BCUT2D eigenvalue weighted by Crippen LogP contribution is -2.07. The molecule has 2 heteroatoms. The molecule has 0 aromatic carbocycles. The smallest absolute Gasteiger partial charge is 0.0930 e. The zero-order valence-electron chi connectivity index (χ0n) is 6.01. The quantitative estimate of drug-likeness (QED) is 0.556. The van der Waals surface area contributed by atoms with Gasteiger partial charge in [0.2, 0.25) is 0 Å². The van der Waals surface area contributed by atoms with Crippen molar-refractivity contribution in [3.05, 3.63) is 11.8 Å². The molecule has 0 amide bonds. The van der Waals surface area contributed by atoms with Crippen LogP contribution in [0.3, 0.4) is 0 Å². The molecule has 54 valence electrons. The van der Waals surface area contributed by atoms with E-state index in [4.69, 9.17) is 11.0 Å². The summed E-state index contributed by atoms with van der Waals surface area (Å²) in [5.41, 5.74) is 6.41. The number of nitrogens with zero attached hydrogens (tertiary/aromatic N) is 1. The monoisotopic (exact) mass is 136 g/mol. The molecule has 1 rings (SSSR count). The van der Waals surface area contributed by atoms with Gasteiger partial charge in [0.05, 0.1) is 6.07 Å². The van der Waals surface area contributed by atoms with E-state index in [0.29, 0.717) is 5.92 Å². The van der Waals surface area contributed by atoms with Crippen molar-refractivity contribution < 1.29 is 0 Å². The maximum atomic E-state index is 8.29. The van der Waals surface area contributed by atoms with Gasteiger partial charge in [0.1, 0.15) is 0 Å². The van der Waals surface area contributed by atoms with Crippen LogP contribution in [-0.2, 0) is 0 Å². The molecule has 0 aromatic heterocycles. The molecule has 0 aromatic rings. The molecule has 2 nitrogen and oxygen atoms in total. The fourth-order valence-electron chi connectivity index (χ4n) is 1.45. The summed E-state index contributed by atoms with van der Waals surface area (Å²) < 4.78 is 0. The van der Waals surface area contributed by atoms with Gasteiger partial charge in [-0.05, 0) is 18.8 Å². The molecule has 1 aliphatic carbocycles. The summed E-state index contributed by atoms with van der Waals surface area (Å²) in [5, 5.41) is 8.29. The lowest BCUT2D eigenvalue weighted by molar-refractivity contribution is 0.635. The second kappa shape index (κ2) is 3.26. The lowest BCUT2D eigenvalue weighted by Gasteiger charge is -2.06. The summed E-state index contributed by atoms with van der Waals surface area (Å²) in [6.07, 6.45) is 6.35. The normalized spacial score (nSPS) is 20.9. The molecule has 0 spiro atoms. The Balaban J connectivity index is 2.49. The van der Waals surface area contributed by atoms with Crippen LogP contribution in [0.1, 0.15) is 25.7 Å². The van der Waals surface area contributed by atoms with Gasteiger partial charge in [-0.15, -0.1) is 0 Å². The highest BCUT2D eigenvalue weighted by Gasteiger charge is 2.16. The van der Waals surface area contributed by atoms with Crippen molar-refractivity contribution in [2.24, 2.45) is 11.7 Å². The highest BCUT2D eigenvalue weighted by Crippen LogP contribution is 2.28. The molecule has 0 radical (unpaired) electrons. The van der Waals surface area contributed by atoms with Gasteiger partial charge in [-0.1, -0.05) is 12.8 Å². The highest BCUT2D eigenvalue weighted by atomic mass is 14.6. The molecule has 0 aliphatic heterocycles. The van der Waals surface area contributed by atoms with E-state index in [-0.39, 0.29) is 0 Å². The van der Waals surface area contributed by atoms with Gasteiger partial charge in [-0.2, -0.15) is 5.26 Å². The summed E-state index contributed by atoms with van der Waals surface area (Å²) in [6, 6.07) is 1.96. The topological polar surface area (TPSA) is 49.8 Å². The Hall–Kier alpha value is -0.970. The predicted octanol–water partition coefficient (Wildman–Crippen LogP) is 1.54. The molecule has 0 unspecified atom stereocenters. The first-order chi connectivity index (χ1) is 4.84. The predicted molar refractivity (Wildman–Crippen MR) is 39.8 cm³/mol. The van der Waals surface area contributed by atoms with Crippen LogP contribution in [0, 0.1) is 17.2 Å². The third-order valence-electron chi connectivity index (χ3n) is 2.06. The summed E-state index contributed by atoms with van der Waals surface area (Å²) in [7, 11) is 0. The first-order valence-electron chi connectivity index (χ1n) is 3.69. The zero-order chi connectivity index (χ0) is 7.40. The Kier molecular flexibility index (Phi) is 2.33. The Morgan fingerprint density at radius 1 is 1.50 bits per heavy atom. The van der Waals surface area contributed by atoms with E-state index in [9.17, 15) is 0 Å². The molecule has 1 saturated carbocycles. The Morgan fingerprint density at radius 3 is 2.60 bits per heavy atom. The number of nitriles is 1. The minimum absolute atomic E-state index is 0.500. The van der Waals surface area contributed by atoms with Crippen molar-refractivity contribution in [1.82, 2.24) is 0 Å². The minimum atomic E-state index is 0.500. The molecule has 0 bridgehead atoms. The molecule has 0 saturated heterocycles. The number of nitrogens with two attached hydrogens (primary N) is 1. The SMILES string of the molecule is N#C/C=C(/N)C1CCCC1. The van der Waals surface area contributed by atoms with Crippen LogP contribution in [0.2, 0.25) is 0 Å². The van der Waals surface area contributed by atoms with Crippen LogP contribution < -0.4 is 5.73 Å².